The molecule has 6 aromatic rings. The molecular formula is C30H26N6O4. The predicted molar refractivity (Wildman–Crippen MR) is 150 cm³/mol. The molecular weight excluding hydrogens is 508 g/mol. The normalized spacial score (nSPS) is 11.2. The number of hydrogen-bond acceptors (Lipinski definition) is 7. The van der Waals surface area contributed by atoms with E-state index in [0.717, 1.165) is 34.4 Å². The second-order valence-corrected chi connectivity index (χ2v) is 9.35. The average molecular weight is 535 g/mol. The maximum atomic E-state index is 14.0. The zero-order valence-corrected chi connectivity index (χ0v) is 22.0. The molecule has 0 fully saturated rings. The minimum atomic E-state index is -0.604. The largest absolute Gasteiger partial charge is 0.497 e. The van der Waals surface area contributed by atoms with Gasteiger partial charge in [-0.3, -0.25) is 14.3 Å². The van der Waals surface area contributed by atoms with Crippen LogP contribution in [0.15, 0.2) is 93.2 Å². The molecule has 10 heteroatoms. The third kappa shape index (κ3) is 4.49. The van der Waals surface area contributed by atoms with Crippen molar-refractivity contribution < 1.29 is 9.26 Å². The summed E-state index contributed by atoms with van der Waals surface area (Å²) >= 11 is 0. The molecule has 6 rings (SSSR count). The quantitative estimate of drug-likeness (QED) is 0.306. The van der Waals surface area contributed by atoms with Gasteiger partial charge in [0.15, 0.2) is 5.82 Å². The van der Waals surface area contributed by atoms with Crippen LogP contribution in [-0.2, 0) is 12.8 Å². The van der Waals surface area contributed by atoms with Crippen LogP contribution in [0, 0.1) is 0 Å². The molecule has 0 amide bonds. The molecule has 0 saturated heterocycles. The summed E-state index contributed by atoms with van der Waals surface area (Å²) in [6.45, 7) is 2.08. The number of aromatic nitrogens is 6. The first-order chi connectivity index (χ1) is 19.6. The van der Waals surface area contributed by atoms with Crippen LogP contribution in [-0.4, -0.2) is 36.4 Å². The van der Waals surface area contributed by atoms with Gasteiger partial charge in [-0.2, -0.15) is 10.1 Å². The van der Waals surface area contributed by atoms with Gasteiger partial charge < -0.3 is 4.74 Å². The molecule has 0 saturated carbocycles. The van der Waals surface area contributed by atoms with Crippen LogP contribution < -0.4 is 16.1 Å². The number of benzene rings is 3. The highest BCUT2D eigenvalue weighted by atomic mass is 16.5. The SMILES string of the molecule is CCCc1c(Cc2ccc(-c3ccccc3-c3noc(=O)[nH]3)cc2)c(=O)n(-c2ccc(OC)cc2)c2ncnn12. The Labute approximate surface area is 228 Å². The lowest BCUT2D eigenvalue weighted by molar-refractivity contribution is 0.388. The summed E-state index contributed by atoms with van der Waals surface area (Å²) in [7, 11) is 1.61. The first-order valence-corrected chi connectivity index (χ1v) is 12.9. The van der Waals surface area contributed by atoms with Gasteiger partial charge in [-0.15, -0.1) is 0 Å². The van der Waals surface area contributed by atoms with E-state index in [0.29, 0.717) is 41.4 Å². The number of rotatable bonds is 8. The number of aryl methyl sites for hydroxylation is 1. The van der Waals surface area contributed by atoms with Crippen LogP contribution in [0.5, 0.6) is 5.75 Å². The monoisotopic (exact) mass is 534 g/mol. The number of nitrogens with zero attached hydrogens (tertiary/aromatic N) is 5. The Morgan fingerprint density at radius 3 is 2.38 bits per heavy atom. The van der Waals surface area contributed by atoms with Crippen molar-refractivity contribution in [1.29, 1.82) is 0 Å². The molecule has 10 nitrogen and oxygen atoms in total. The third-order valence-electron chi connectivity index (χ3n) is 6.88. The van der Waals surface area contributed by atoms with Crippen LogP contribution in [0.1, 0.15) is 30.2 Å². The Kier molecular flexibility index (Phi) is 6.57. The van der Waals surface area contributed by atoms with E-state index in [9.17, 15) is 9.59 Å². The molecule has 3 heterocycles. The fraction of sp³-hybridized carbons (Fsp3) is 0.167. The van der Waals surface area contributed by atoms with Gasteiger partial charge in [0.05, 0.1) is 18.5 Å². The second kappa shape index (κ2) is 10.5. The molecule has 0 atom stereocenters. The molecule has 0 bridgehead atoms. The summed E-state index contributed by atoms with van der Waals surface area (Å²) in [6, 6.07) is 23.0. The summed E-state index contributed by atoms with van der Waals surface area (Å²) in [5, 5.41) is 8.32. The molecule has 3 aromatic carbocycles. The van der Waals surface area contributed by atoms with Crippen molar-refractivity contribution in [3.63, 3.8) is 0 Å². The number of H-pyrrole nitrogens is 1. The summed E-state index contributed by atoms with van der Waals surface area (Å²) in [5.74, 6) is 0.940. The Hall–Kier alpha value is -5.25. The van der Waals surface area contributed by atoms with Crippen molar-refractivity contribution in [3.05, 3.63) is 117 Å². The molecule has 200 valence electrons. The van der Waals surface area contributed by atoms with Crippen LogP contribution in [0.4, 0.5) is 0 Å². The number of nitrogens with one attached hydrogen (secondary N) is 1. The first-order valence-electron chi connectivity index (χ1n) is 12.9. The van der Waals surface area contributed by atoms with Crippen LogP contribution >= 0.6 is 0 Å². The lowest BCUT2D eigenvalue weighted by atomic mass is 9.96. The Morgan fingerprint density at radius 2 is 1.70 bits per heavy atom. The molecule has 0 aliphatic carbocycles. The van der Waals surface area contributed by atoms with Crippen molar-refractivity contribution in [2.45, 2.75) is 26.2 Å². The summed E-state index contributed by atoms with van der Waals surface area (Å²) in [6.07, 6.45) is 3.45. The highest BCUT2D eigenvalue weighted by Crippen LogP contribution is 2.30. The fourth-order valence-corrected chi connectivity index (χ4v) is 4.98. The van der Waals surface area contributed by atoms with Crippen LogP contribution in [0.25, 0.3) is 34.0 Å². The third-order valence-corrected chi connectivity index (χ3v) is 6.88. The predicted octanol–water partition coefficient (Wildman–Crippen LogP) is 4.44. The van der Waals surface area contributed by atoms with Gasteiger partial charge in [0.25, 0.3) is 5.56 Å². The topological polar surface area (TPSA) is 120 Å². The highest BCUT2D eigenvalue weighted by Gasteiger charge is 2.20. The summed E-state index contributed by atoms with van der Waals surface area (Å²) in [5.41, 5.74) is 5.66. The van der Waals surface area contributed by atoms with Gasteiger partial charge >= 0.3 is 5.76 Å². The average Bonchev–Trinajstić information content (AvgIpc) is 3.65. The van der Waals surface area contributed by atoms with Crippen LogP contribution in [0.2, 0.25) is 0 Å². The minimum Gasteiger partial charge on any atom is -0.497 e. The zero-order chi connectivity index (χ0) is 27.6. The van der Waals surface area contributed by atoms with Crippen molar-refractivity contribution in [3.8, 4) is 34.0 Å². The van der Waals surface area contributed by atoms with E-state index in [1.54, 1.807) is 16.2 Å². The van der Waals surface area contributed by atoms with Gasteiger partial charge in [0.2, 0.25) is 5.78 Å². The van der Waals surface area contributed by atoms with Crippen molar-refractivity contribution in [1.82, 2.24) is 29.3 Å². The van der Waals surface area contributed by atoms with E-state index in [1.165, 1.54) is 6.33 Å². The van der Waals surface area contributed by atoms with E-state index >= 15 is 0 Å². The Morgan fingerprint density at radius 1 is 0.950 bits per heavy atom. The van der Waals surface area contributed by atoms with E-state index < -0.39 is 5.76 Å². The number of aromatic amines is 1. The molecule has 3 aromatic heterocycles. The highest BCUT2D eigenvalue weighted by molar-refractivity contribution is 5.80. The van der Waals surface area contributed by atoms with E-state index in [4.69, 9.17) is 9.26 Å². The zero-order valence-electron chi connectivity index (χ0n) is 22.0. The van der Waals surface area contributed by atoms with E-state index in [1.807, 2.05) is 72.8 Å². The fourth-order valence-electron chi connectivity index (χ4n) is 4.98. The number of methoxy groups -OCH3 is 1. The Bertz CT molecular complexity index is 1910. The van der Waals surface area contributed by atoms with Crippen molar-refractivity contribution in [2.75, 3.05) is 7.11 Å². The summed E-state index contributed by atoms with van der Waals surface area (Å²) < 4.78 is 13.4. The van der Waals surface area contributed by atoms with Gasteiger partial charge in [0, 0.05) is 17.5 Å². The Balaban J connectivity index is 1.42. The minimum absolute atomic E-state index is 0.126. The number of ether oxygens (including phenoxy) is 1. The molecule has 0 spiro atoms. The number of hydrogen-bond donors (Lipinski definition) is 1. The van der Waals surface area contributed by atoms with E-state index in [-0.39, 0.29) is 5.56 Å². The second-order valence-electron chi connectivity index (χ2n) is 9.35. The van der Waals surface area contributed by atoms with Crippen molar-refractivity contribution >= 4 is 5.78 Å². The lowest BCUT2D eigenvalue weighted by Gasteiger charge is -2.16. The molecule has 0 aliphatic rings. The molecule has 1 N–H and O–H groups in total. The van der Waals surface area contributed by atoms with Gasteiger partial charge in [-0.05, 0) is 47.4 Å². The smallest absolute Gasteiger partial charge is 0.439 e. The maximum absolute atomic E-state index is 14.0. The van der Waals surface area contributed by atoms with Gasteiger partial charge in [-0.25, -0.2) is 13.9 Å². The van der Waals surface area contributed by atoms with Crippen LogP contribution in [0.3, 0.4) is 0 Å². The summed E-state index contributed by atoms with van der Waals surface area (Å²) in [4.78, 5) is 32.6. The molecule has 40 heavy (non-hydrogen) atoms. The van der Waals surface area contributed by atoms with E-state index in [2.05, 4.69) is 27.1 Å². The van der Waals surface area contributed by atoms with Gasteiger partial charge in [-0.1, -0.05) is 67.0 Å². The molecule has 0 unspecified atom stereocenters. The first kappa shape index (κ1) is 25.1. The van der Waals surface area contributed by atoms with Crippen molar-refractivity contribution in [2.24, 2.45) is 0 Å². The van der Waals surface area contributed by atoms with Gasteiger partial charge in [0.1, 0.15) is 12.1 Å². The maximum Gasteiger partial charge on any atom is 0.439 e. The standard InChI is InChI=1S/C30H26N6O4/c1-3-6-26-25(28(37)35(29-31-18-32-36(26)29)21-13-15-22(39-2)16-14-21)17-19-9-11-20(12-10-19)23-7-4-5-8-24(23)27-33-30(38)40-34-27/h4-5,7-16,18H,3,6,17H2,1-2H3,(H,33,34,38). The molecule has 0 radical (unpaired) electrons. The lowest BCUT2D eigenvalue weighted by Crippen LogP contribution is -2.28. The number of fused-ring (bicyclic) bond motifs is 1. The molecule has 0 aliphatic heterocycles.